The highest BCUT2D eigenvalue weighted by atomic mass is 32.2. The molecular weight excluding hydrogens is 243 g/mol. The van der Waals surface area contributed by atoms with E-state index in [1.54, 1.807) is 0 Å². The fourth-order valence-electron chi connectivity index (χ4n) is 0.876. The molecule has 0 fully saturated rings. The highest BCUT2D eigenvalue weighted by Gasteiger charge is 2.20. The molecule has 0 aromatic heterocycles. The van der Waals surface area contributed by atoms with Gasteiger partial charge in [0.05, 0.1) is 10.9 Å². The summed E-state index contributed by atoms with van der Waals surface area (Å²) in [5.41, 5.74) is -0.604. The van der Waals surface area contributed by atoms with Gasteiger partial charge < -0.3 is 0 Å². The number of anilines is 1. The van der Waals surface area contributed by atoms with Gasteiger partial charge in [-0.15, -0.1) is 0 Å². The van der Waals surface area contributed by atoms with E-state index in [2.05, 4.69) is 0 Å². The minimum atomic E-state index is -3.78. The summed E-state index contributed by atoms with van der Waals surface area (Å²) in [6.07, 6.45) is 0. The predicted molar refractivity (Wildman–Crippen MR) is 54.0 cm³/mol. The normalized spacial score (nSPS) is 11.9. The molecule has 0 unspecified atom stereocenters. The minimum absolute atomic E-state index is 0.604. The van der Waals surface area contributed by atoms with Crippen LogP contribution in [0.2, 0.25) is 0 Å². The second-order valence-electron chi connectivity index (χ2n) is 3.42. The molecule has 0 amide bonds. The largest absolute Gasteiger partial charge is 0.280 e. The summed E-state index contributed by atoms with van der Waals surface area (Å²) >= 11 is 0. The van der Waals surface area contributed by atoms with E-state index in [4.69, 9.17) is 0 Å². The molecule has 0 saturated carbocycles. The van der Waals surface area contributed by atoms with Gasteiger partial charge in [-0.1, -0.05) is 0 Å². The first-order valence-corrected chi connectivity index (χ1v) is 5.95. The van der Waals surface area contributed by atoms with Crippen LogP contribution in [-0.4, -0.2) is 13.7 Å². The van der Waals surface area contributed by atoms with Gasteiger partial charge >= 0.3 is 0 Å². The Morgan fingerprint density at radius 1 is 1.12 bits per heavy atom. The molecule has 0 radical (unpaired) electrons. The van der Waals surface area contributed by atoms with E-state index in [0.29, 0.717) is 6.07 Å². The van der Waals surface area contributed by atoms with E-state index in [1.807, 2.05) is 4.72 Å². The quantitative estimate of drug-likeness (QED) is 0.840. The first kappa shape index (κ1) is 12.8. The molecule has 90 valence electrons. The van der Waals surface area contributed by atoms with E-state index in [-0.39, 0.29) is 0 Å². The Morgan fingerprint density at radius 3 is 2.19 bits per heavy atom. The Hall–Kier alpha value is -1.24. The number of halogens is 3. The fraction of sp³-hybridized carbons (Fsp3) is 0.333. The van der Waals surface area contributed by atoms with Crippen LogP contribution in [0.1, 0.15) is 13.8 Å². The van der Waals surface area contributed by atoms with Crippen LogP contribution in [0.5, 0.6) is 0 Å². The van der Waals surface area contributed by atoms with E-state index in [1.165, 1.54) is 13.8 Å². The third-order valence-electron chi connectivity index (χ3n) is 1.91. The lowest BCUT2D eigenvalue weighted by atomic mass is 10.3. The average molecular weight is 253 g/mol. The van der Waals surface area contributed by atoms with E-state index in [9.17, 15) is 21.6 Å². The van der Waals surface area contributed by atoms with Gasteiger partial charge in [0.25, 0.3) is 0 Å². The monoisotopic (exact) mass is 253 g/mol. The summed E-state index contributed by atoms with van der Waals surface area (Å²) in [7, 11) is -3.78. The topological polar surface area (TPSA) is 46.2 Å². The van der Waals surface area contributed by atoms with Crippen molar-refractivity contribution in [2.75, 3.05) is 4.72 Å². The number of sulfonamides is 1. The number of hydrogen-bond acceptors (Lipinski definition) is 2. The summed E-state index contributed by atoms with van der Waals surface area (Å²) in [6, 6.07) is 1.48. The first-order valence-electron chi connectivity index (χ1n) is 4.41. The average Bonchev–Trinajstić information content (AvgIpc) is 2.19. The molecule has 0 aliphatic heterocycles. The molecule has 0 aliphatic rings. The number of rotatable bonds is 3. The zero-order valence-electron chi connectivity index (χ0n) is 8.59. The van der Waals surface area contributed by atoms with Crippen molar-refractivity contribution in [1.29, 1.82) is 0 Å². The van der Waals surface area contributed by atoms with Crippen molar-refractivity contribution in [2.45, 2.75) is 19.1 Å². The summed E-state index contributed by atoms with van der Waals surface area (Å²) in [5, 5.41) is -0.806. The van der Waals surface area contributed by atoms with Gasteiger partial charge in [-0.3, -0.25) is 4.72 Å². The van der Waals surface area contributed by atoms with Gasteiger partial charge in [0.15, 0.2) is 17.5 Å². The fourth-order valence-corrected chi connectivity index (χ4v) is 1.58. The van der Waals surface area contributed by atoms with Gasteiger partial charge in [-0.2, -0.15) is 0 Å². The van der Waals surface area contributed by atoms with Gasteiger partial charge in [-0.05, 0) is 26.0 Å². The molecule has 7 heteroatoms. The van der Waals surface area contributed by atoms with Crippen molar-refractivity contribution in [2.24, 2.45) is 0 Å². The molecule has 1 rings (SSSR count). The Morgan fingerprint density at radius 2 is 1.69 bits per heavy atom. The van der Waals surface area contributed by atoms with Gasteiger partial charge in [0.1, 0.15) is 0 Å². The van der Waals surface area contributed by atoms with Crippen molar-refractivity contribution in [3.8, 4) is 0 Å². The standard InChI is InChI=1S/C9H10F3NO2S/c1-5(2)16(14,15)13-7-4-3-6(10)8(11)9(7)12/h3-5,13H,1-2H3. The lowest BCUT2D eigenvalue weighted by Gasteiger charge is -2.11. The first-order chi connectivity index (χ1) is 7.25. The molecule has 0 aliphatic carbocycles. The van der Waals surface area contributed by atoms with Crippen LogP contribution in [0.15, 0.2) is 12.1 Å². The Kier molecular flexibility index (Phi) is 3.47. The molecule has 0 saturated heterocycles. The van der Waals surface area contributed by atoms with Gasteiger partial charge in [-0.25, -0.2) is 21.6 Å². The molecule has 3 nitrogen and oxygen atoms in total. The third kappa shape index (κ3) is 2.46. The molecule has 0 atom stereocenters. The second kappa shape index (κ2) is 4.32. The molecule has 1 N–H and O–H groups in total. The van der Waals surface area contributed by atoms with E-state index in [0.717, 1.165) is 6.07 Å². The highest BCUT2D eigenvalue weighted by Crippen LogP contribution is 2.21. The molecule has 0 heterocycles. The van der Waals surface area contributed by atoms with Crippen molar-refractivity contribution in [3.63, 3.8) is 0 Å². The second-order valence-corrected chi connectivity index (χ2v) is 5.66. The van der Waals surface area contributed by atoms with Gasteiger partial charge in [0, 0.05) is 0 Å². The maximum absolute atomic E-state index is 13.1. The Bertz CT molecular complexity index is 500. The summed E-state index contributed by atoms with van der Waals surface area (Å²) in [4.78, 5) is 0. The molecular formula is C9H10F3NO2S. The van der Waals surface area contributed by atoms with Crippen molar-refractivity contribution in [1.82, 2.24) is 0 Å². The lowest BCUT2D eigenvalue weighted by Crippen LogP contribution is -2.23. The molecule has 0 bridgehead atoms. The number of nitrogens with one attached hydrogen (secondary N) is 1. The Labute approximate surface area is 91.3 Å². The maximum atomic E-state index is 13.1. The molecule has 1 aromatic rings. The zero-order chi connectivity index (χ0) is 12.5. The van der Waals surface area contributed by atoms with Crippen LogP contribution in [0.4, 0.5) is 18.9 Å². The highest BCUT2D eigenvalue weighted by molar-refractivity contribution is 7.93. The molecule has 1 aromatic carbocycles. The van der Waals surface area contributed by atoms with Gasteiger partial charge in [0.2, 0.25) is 10.0 Å². The van der Waals surface area contributed by atoms with E-state index >= 15 is 0 Å². The van der Waals surface area contributed by atoms with Crippen LogP contribution in [-0.2, 0) is 10.0 Å². The summed E-state index contributed by atoms with van der Waals surface area (Å²) in [5.74, 6) is -4.63. The molecule has 0 spiro atoms. The van der Waals surface area contributed by atoms with E-state index < -0.39 is 38.4 Å². The van der Waals surface area contributed by atoms with Crippen LogP contribution in [0.3, 0.4) is 0 Å². The van der Waals surface area contributed by atoms with Crippen LogP contribution in [0, 0.1) is 17.5 Å². The predicted octanol–water partition coefficient (Wildman–Crippen LogP) is 2.25. The number of hydrogen-bond donors (Lipinski definition) is 1. The van der Waals surface area contributed by atoms with Crippen LogP contribution in [0.25, 0.3) is 0 Å². The van der Waals surface area contributed by atoms with Crippen molar-refractivity contribution < 1.29 is 21.6 Å². The molecule has 16 heavy (non-hydrogen) atoms. The smallest absolute Gasteiger partial charge is 0.235 e. The zero-order valence-corrected chi connectivity index (χ0v) is 9.41. The SMILES string of the molecule is CC(C)S(=O)(=O)Nc1ccc(F)c(F)c1F. The van der Waals surface area contributed by atoms with Crippen LogP contribution >= 0.6 is 0 Å². The third-order valence-corrected chi connectivity index (χ3v) is 3.65. The van der Waals surface area contributed by atoms with Crippen molar-refractivity contribution >= 4 is 15.7 Å². The van der Waals surface area contributed by atoms with Crippen LogP contribution < -0.4 is 4.72 Å². The Balaban J connectivity index is 3.14. The summed E-state index contributed by atoms with van der Waals surface area (Å²) in [6.45, 7) is 2.75. The van der Waals surface area contributed by atoms with Crippen molar-refractivity contribution in [3.05, 3.63) is 29.6 Å². The number of benzene rings is 1. The summed E-state index contributed by atoms with van der Waals surface area (Å²) < 4.78 is 63.0. The lowest BCUT2D eigenvalue weighted by molar-refractivity contribution is 0.449. The minimum Gasteiger partial charge on any atom is -0.280 e. The maximum Gasteiger partial charge on any atom is 0.235 e.